The van der Waals surface area contributed by atoms with Crippen LogP contribution in [0.4, 0.5) is 0 Å². The van der Waals surface area contributed by atoms with E-state index in [2.05, 4.69) is 0 Å². The number of hydrogen-bond donors (Lipinski definition) is 0. The second-order valence-electron chi connectivity index (χ2n) is 9.38. The van der Waals surface area contributed by atoms with Crippen molar-refractivity contribution in [3.63, 3.8) is 0 Å². The van der Waals surface area contributed by atoms with Gasteiger partial charge < -0.3 is 4.42 Å². The molecular formula is C40H24O. The third kappa shape index (κ3) is 3.18. The maximum atomic E-state index is 9.91. The number of benzene rings is 8. The largest absolute Gasteiger partial charge is 0.455 e. The fourth-order valence-electron chi connectivity index (χ4n) is 5.56. The van der Waals surface area contributed by atoms with Crippen LogP contribution in [0.25, 0.3) is 87.3 Å². The van der Waals surface area contributed by atoms with Crippen LogP contribution in [0, 0.1) is 0 Å². The molecule has 0 aliphatic rings. The Balaban J connectivity index is 1.74. The molecule has 1 heteroatoms. The third-order valence-electron chi connectivity index (χ3n) is 7.24. The van der Waals surface area contributed by atoms with Crippen LogP contribution in [-0.4, -0.2) is 0 Å². The second-order valence-corrected chi connectivity index (χ2v) is 9.38. The summed E-state index contributed by atoms with van der Waals surface area (Å²) in [5.74, 6) is 0. The lowest BCUT2D eigenvalue weighted by atomic mass is 9.84. The predicted octanol–water partition coefficient (Wildman–Crippen LogP) is 11.5. The molecule has 0 spiro atoms. The van der Waals surface area contributed by atoms with Crippen molar-refractivity contribution < 1.29 is 30.5 Å². The van der Waals surface area contributed by atoms with E-state index >= 15 is 0 Å². The molecule has 1 nitrogen and oxygen atoms in total. The van der Waals surface area contributed by atoms with Gasteiger partial charge in [0.2, 0.25) is 0 Å². The van der Waals surface area contributed by atoms with E-state index in [1.54, 1.807) is 30.3 Å². The van der Waals surface area contributed by atoms with Gasteiger partial charge in [-0.3, -0.25) is 0 Å². The summed E-state index contributed by atoms with van der Waals surface area (Å²) in [4.78, 5) is 0. The molecule has 9 aromatic rings. The summed E-state index contributed by atoms with van der Waals surface area (Å²) in [5, 5.41) is -3.45. The van der Waals surface area contributed by atoms with Gasteiger partial charge in [0.05, 0.1) is 26.0 Å². The zero-order chi connectivity index (χ0) is 43.4. The predicted molar refractivity (Wildman–Crippen MR) is 175 cm³/mol. The molecule has 0 bridgehead atoms. The van der Waals surface area contributed by atoms with Crippen molar-refractivity contribution >= 4 is 65.0 Å². The Morgan fingerprint density at radius 2 is 0.976 bits per heavy atom. The maximum Gasteiger partial charge on any atom is 0.143 e. The van der Waals surface area contributed by atoms with E-state index < -0.39 is 148 Å². The molecule has 1 heterocycles. The summed E-state index contributed by atoms with van der Waals surface area (Å²) in [7, 11) is 0. The van der Waals surface area contributed by atoms with Crippen LogP contribution < -0.4 is 0 Å². The number of fused-ring (bicyclic) bond motifs is 9. The molecule has 41 heavy (non-hydrogen) atoms. The van der Waals surface area contributed by atoms with E-state index in [1.807, 2.05) is 0 Å². The maximum absolute atomic E-state index is 9.91. The molecule has 9 rings (SSSR count). The number of rotatable bonds is 2. The molecule has 0 fully saturated rings. The van der Waals surface area contributed by atoms with Crippen molar-refractivity contribution in [3.05, 3.63) is 145 Å². The van der Waals surface area contributed by atoms with Gasteiger partial charge in [0.25, 0.3) is 0 Å². The Kier molecular flexibility index (Phi) is 2.27. The Hall–Kier alpha value is -5.40. The number of hydrogen-bond acceptors (Lipinski definition) is 1. The average Bonchev–Trinajstić information content (AvgIpc) is 3.63. The zero-order valence-electron chi connectivity index (χ0n) is 39.8. The summed E-state index contributed by atoms with van der Waals surface area (Å²) >= 11 is 0. The fraction of sp³-hybridized carbons (Fsp3) is 0. The molecule has 0 aliphatic heterocycles. The van der Waals surface area contributed by atoms with Crippen LogP contribution in [0.5, 0.6) is 0 Å². The van der Waals surface area contributed by atoms with E-state index in [0.29, 0.717) is 5.56 Å². The lowest BCUT2D eigenvalue weighted by molar-refractivity contribution is 0.676. The van der Waals surface area contributed by atoms with E-state index in [1.165, 1.54) is 0 Å². The van der Waals surface area contributed by atoms with Gasteiger partial charge in [0.15, 0.2) is 0 Å². The highest BCUT2D eigenvalue weighted by atomic mass is 16.3. The van der Waals surface area contributed by atoms with Gasteiger partial charge >= 0.3 is 0 Å². The first-order chi connectivity index (χ1) is 28.3. The third-order valence-corrected chi connectivity index (χ3v) is 7.24. The fourth-order valence-corrected chi connectivity index (χ4v) is 5.56. The van der Waals surface area contributed by atoms with Crippen LogP contribution in [0.1, 0.15) is 26.0 Å². The van der Waals surface area contributed by atoms with Crippen molar-refractivity contribution in [2.75, 3.05) is 0 Å². The van der Waals surface area contributed by atoms with Crippen molar-refractivity contribution in [3.8, 4) is 22.3 Å². The Bertz CT molecular complexity index is 3440. The summed E-state index contributed by atoms with van der Waals surface area (Å²) < 4.78 is 177. The molecule has 0 saturated heterocycles. The molecule has 0 unspecified atom stereocenters. The summed E-state index contributed by atoms with van der Waals surface area (Å²) in [6.07, 6.45) is 0. The Labute approximate surface area is 263 Å². The lowest BCUT2D eigenvalue weighted by Crippen LogP contribution is -1.91. The molecular weight excluding hydrogens is 496 g/mol. The van der Waals surface area contributed by atoms with Gasteiger partial charge in [-0.05, 0) is 66.7 Å². The van der Waals surface area contributed by atoms with Gasteiger partial charge in [-0.25, -0.2) is 0 Å². The molecule has 0 aliphatic carbocycles. The van der Waals surface area contributed by atoms with E-state index in [4.69, 9.17) is 22.2 Å². The molecule has 0 saturated carbocycles. The minimum Gasteiger partial charge on any atom is -0.455 e. The topological polar surface area (TPSA) is 13.1 Å². The normalized spacial score (nSPS) is 18.4. The van der Waals surface area contributed by atoms with Gasteiger partial charge in [0.1, 0.15) is 11.2 Å². The minimum absolute atomic E-state index is 0.00231. The Morgan fingerprint density at radius 1 is 0.439 bits per heavy atom. The average molecular weight is 540 g/mol. The first kappa shape index (κ1) is 10.9. The monoisotopic (exact) mass is 539 g/mol. The van der Waals surface area contributed by atoms with Gasteiger partial charge in [-0.15, -0.1) is 0 Å². The van der Waals surface area contributed by atoms with Crippen molar-refractivity contribution in [1.82, 2.24) is 0 Å². The van der Waals surface area contributed by atoms with Crippen molar-refractivity contribution in [2.45, 2.75) is 0 Å². The standard InChI is InChI=1S/C40H24O/c1-2-13-26(14-3-1)36-30-18-8-10-20-32(30)37(33-21-11-9-19-31(33)36)35-24-27-15-5-7-17-29(27)40-38(35)34-23-22-25-12-4-6-16-28(25)39(34)41-40/h1-24H/i4D,5D,6D,7D,8D,9D,10D,11D,12D,15D,16D,17D,18D,19D,20D,21D,22D,23D,24D. The van der Waals surface area contributed by atoms with Crippen molar-refractivity contribution in [2.24, 2.45) is 0 Å². The highest BCUT2D eigenvalue weighted by molar-refractivity contribution is 6.30. The highest BCUT2D eigenvalue weighted by Gasteiger charge is 2.22. The molecule has 1 aromatic heterocycles. The van der Waals surface area contributed by atoms with Crippen LogP contribution in [0.15, 0.2) is 150 Å². The highest BCUT2D eigenvalue weighted by Crippen LogP contribution is 2.49. The van der Waals surface area contributed by atoms with Gasteiger partial charge in [-0.2, -0.15) is 0 Å². The van der Waals surface area contributed by atoms with Crippen LogP contribution in [0.2, 0.25) is 0 Å². The molecule has 0 radical (unpaired) electrons. The van der Waals surface area contributed by atoms with Gasteiger partial charge in [0, 0.05) is 21.5 Å². The smallest absolute Gasteiger partial charge is 0.143 e. The van der Waals surface area contributed by atoms with Gasteiger partial charge in [-0.1, -0.05) is 133 Å². The van der Waals surface area contributed by atoms with E-state index in [-0.39, 0.29) is 48.7 Å². The minimum atomic E-state index is -0.769. The second kappa shape index (κ2) is 8.55. The quantitative estimate of drug-likeness (QED) is 0.199. The summed E-state index contributed by atoms with van der Waals surface area (Å²) in [6.45, 7) is 0. The van der Waals surface area contributed by atoms with E-state index in [9.17, 15) is 8.22 Å². The first-order valence-corrected chi connectivity index (χ1v) is 12.6. The SMILES string of the molecule is [2H]c1c([2H])c([2H])c2c(-c3c([2H])c4c([2H])c([2H])c([2H])c([2H])c4c4oc5c6c([2H])c([2H])c([2H])c([2H])c6c([2H])c([2H])c5c34)c3c([2H])c([2H])c([2H])c([2H])c3c(-c3ccccc3)c2c1[2H]. The summed E-state index contributed by atoms with van der Waals surface area (Å²) in [6, 6.07) is -5.22. The summed E-state index contributed by atoms with van der Waals surface area (Å²) in [5.41, 5.74) is -1.40. The molecule has 0 atom stereocenters. The van der Waals surface area contributed by atoms with Crippen LogP contribution in [0.3, 0.4) is 0 Å². The number of furan rings is 1. The van der Waals surface area contributed by atoms with E-state index in [0.717, 1.165) is 0 Å². The lowest BCUT2D eigenvalue weighted by Gasteiger charge is -2.18. The molecule has 190 valence electrons. The van der Waals surface area contributed by atoms with Crippen LogP contribution in [-0.2, 0) is 0 Å². The molecule has 8 aromatic carbocycles. The Morgan fingerprint density at radius 3 is 1.63 bits per heavy atom. The zero-order valence-corrected chi connectivity index (χ0v) is 20.8. The molecule has 0 amide bonds. The first-order valence-electron chi connectivity index (χ1n) is 22.1. The van der Waals surface area contributed by atoms with Crippen molar-refractivity contribution in [1.29, 1.82) is 0 Å². The molecule has 0 N–H and O–H groups in total. The van der Waals surface area contributed by atoms with Crippen LogP contribution >= 0.6 is 0 Å².